The molecule has 0 heterocycles. The molecule has 21 heavy (non-hydrogen) atoms. The van der Waals surface area contributed by atoms with E-state index in [0.29, 0.717) is 0 Å². The van der Waals surface area contributed by atoms with Crippen LogP contribution in [0.15, 0.2) is 72.8 Å². The zero-order valence-corrected chi connectivity index (χ0v) is 11.4. The average Bonchev–Trinajstić information content (AvgIpc) is 2.82. The summed E-state index contributed by atoms with van der Waals surface area (Å²) in [6.45, 7) is 0. The van der Waals surface area contributed by atoms with Crippen molar-refractivity contribution in [3.63, 3.8) is 0 Å². The molecule has 0 bridgehead atoms. The molecule has 0 unspecified atom stereocenters. The third-order valence-electron chi connectivity index (χ3n) is 3.89. The summed E-state index contributed by atoms with van der Waals surface area (Å²) in [6.07, 6.45) is 2.13. The normalized spacial score (nSPS) is 14.0. The van der Waals surface area contributed by atoms with Crippen LogP contribution in [0.5, 0.6) is 0 Å². The van der Waals surface area contributed by atoms with Crippen LogP contribution in [0.2, 0.25) is 0 Å². The molecule has 0 N–H and O–H groups in total. The Kier molecular flexibility index (Phi) is 2.71. The standard InChI is InChI=1S/C20H13F/c21-15-10-11-18-16-8-4-5-9-17(16)19(20(18)13-15)12-14-6-2-1-3-7-14/h1-13H/b19-12+. The van der Waals surface area contributed by atoms with Gasteiger partial charge in [-0.15, -0.1) is 0 Å². The van der Waals surface area contributed by atoms with Crippen LogP contribution < -0.4 is 0 Å². The van der Waals surface area contributed by atoms with Gasteiger partial charge in [0.1, 0.15) is 5.82 Å². The first-order chi connectivity index (χ1) is 10.3. The predicted molar refractivity (Wildman–Crippen MR) is 85.3 cm³/mol. The predicted octanol–water partition coefficient (Wildman–Crippen LogP) is 5.40. The van der Waals surface area contributed by atoms with Gasteiger partial charge >= 0.3 is 0 Å². The highest BCUT2D eigenvalue weighted by Gasteiger charge is 2.23. The van der Waals surface area contributed by atoms with Gasteiger partial charge in [0.05, 0.1) is 0 Å². The van der Waals surface area contributed by atoms with Crippen LogP contribution in [-0.4, -0.2) is 0 Å². The van der Waals surface area contributed by atoms with Crippen molar-refractivity contribution < 1.29 is 4.39 Å². The molecule has 0 aliphatic heterocycles. The maximum Gasteiger partial charge on any atom is 0.123 e. The van der Waals surface area contributed by atoms with Crippen LogP contribution in [0.25, 0.3) is 22.8 Å². The van der Waals surface area contributed by atoms with Crippen molar-refractivity contribution in [2.45, 2.75) is 0 Å². The van der Waals surface area contributed by atoms with Crippen LogP contribution >= 0.6 is 0 Å². The van der Waals surface area contributed by atoms with E-state index in [2.05, 4.69) is 30.3 Å². The van der Waals surface area contributed by atoms with Crippen molar-refractivity contribution >= 4 is 11.6 Å². The number of benzene rings is 3. The summed E-state index contributed by atoms with van der Waals surface area (Å²) >= 11 is 0. The second-order valence-corrected chi connectivity index (χ2v) is 5.20. The van der Waals surface area contributed by atoms with E-state index in [1.807, 2.05) is 36.4 Å². The average molecular weight is 272 g/mol. The second kappa shape index (κ2) is 4.71. The minimum atomic E-state index is -0.194. The third-order valence-corrected chi connectivity index (χ3v) is 3.89. The molecule has 1 heteroatoms. The molecule has 0 amide bonds. The zero-order valence-electron chi connectivity index (χ0n) is 11.4. The molecule has 3 aromatic rings. The fraction of sp³-hybridized carbons (Fsp3) is 0. The molecule has 1 aliphatic rings. The van der Waals surface area contributed by atoms with E-state index in [-0.39, 0.29) is 5.82 Å². The lowest BCUT2D eigenvalue weighted by Gasteiger charge is -2.03. The Bertz CT molecular complexity index is 845. The van der Waals surface area contributed by atoms with Gasteiger partial charge in [-0.2, -0.15) is 0 Å². The lowest BCUT2D eigenvalue weighted by molar-refractivity contribution is 0.627. The van der Waals surface area contributed by atoms with Gasteiger partial charge in [0.15, 0.2) is 0 Å². The number of fused-ring (bicyclic) bond motifs is 3. The molecule has 0 aromatic heterocycles. The van der Waals surface area contributed by atoms with Crippen LogP contribution in [-0.2, 0) is 0 Å². The van der Waals surface area contributed by atoms with Crippen molar-refractivity contribution in [3.8, 4) is 11.1 Å². The highest BCUT2D eigenvalue weighted by atomic mass is 19.1. The number of halogens is 1. The van der Waals surface area contributed by atoms with E-state index in [0.717, 1.165) is 22.3 Å². The van der Waals surface area contributed by atoms with E-state index in [1.165, 1.54) is 17.2 Å². The Labute approximate surface area is 123 Å². The van der Waals surface area contributed by atoms with Crippen molar-refractivity contribution in [1.82, 2.24) is 0 Å². The Morgan fingerprint density at radius 2 is 1.29 bits per heavy atom. The monoisotopic (exact) mass is 272 g/mol. The molecule has 0 saturated carbocycles. The molecule has 0 fully saturated rings. The Hall–Kier alpha value is -2.67. The van der Waals surface area contributed by atoms with Gasteiger partial charge in [0.2, 0.25) is 0 Å². The fourth-order valence-corrected chi connectivity index (χ4v) is 2.94. The van der Waals surface area contributed by atoms with Crippen molar-refractivity contribution in [3.05, 3.63) is 95.3 Å². The Morgan fingerprint density at radius 3 is 2.10 bits per heavy atom. The maximum absolute atomic E-state index is 13.7. The fourth-order valence-electron chi connectivity index (χ4n) is 2.94. The Morgan fingerprint density at radius 1 is 0.619 bits per heavy atom. The summed E-state index contributed by atoms with van der Waals surface area (Å²) in [5.41, 5.74) is 6.64. The lowest BCUT2D eigenvalue weighted by atomic mass is 10.0. The molecule has 3 aromatic carbocycles. The minimum Gasteiger partial charge on any atom is -0.207 e. The van der Waals surface area contributed by atoms with Crippen molar-refractivity contribution in [1.29, 1.82) is 0 Å². The molecule has 0 saturated heterocycles. The summed E-state index contributed by atoms with van der Waals surface area (Å²) in [6, 6.07) is 23.4. The van der Waals surface area contributed by atoms with Crippen molar-refractivity contribution in [2.75, 3.05) is 0 Å². The van der Waals surface area contributed by atoms with Gasteiger partial charge in [-0.3, -0.25) is 0 Å². The quantitative estimate of drug-likeness (QED) is 0.435. The Balaban J connectivity index is 1.99. The molecule has 4 rings (SSSR count). The minimum absolute atomic E-state index is 0.194. The first-order valence-electron chi connectivity index (χ1n) is 6.99. The van der Waals surface area contributed by atoms with E-state index in [9.17, 15) is 4.39 Å². The second-order valence-electron chi connectivity index (χ2n) is 5.20. The highest BCUT2D eigenvalue weighted by Crippen LogP contribution is 2.44. The van der Waals surface area contributed by atoms with Crippen LogP contribution in [0.1, 0.15) is 16.7 Å². The SMILES string of the molecule is Fc1ccc2c(c1)/C(=C/c1ccccc1)c1ccccc1-2. The summed E-state index contributed by atoms with van der Waals surface area (Å²) in [7, 11) is 0. The topological polar surface area (TPSA) is 0 Å². The third kappa shape index (κ3) is 1.98. The molecule has 0 atom stereocenters. The molecule has 0 nitrogen and oxygen atoms in total. The van der Waals surface area contributed by atoms with E-state index in [1.54, 1.807) is 6.07 Å². The maximum atomic E-state index is 13.7. The first kappa shape index (κ1) is 12.1. The van der Waals surface area contributed by atoms with Crippen LogP contribution in [0, 0.1) is 5.82 Å². The molecule has 0 radical (unpaired) electrons. The zero-order chi connectivity index (χ0) is 14.2. The van der Waals surface area contributed by atoms with Gasteiger partial charge < -0.3 is 0 Å². The highest BCUT2D eigenvalue weighted by molar-refractivity contribution is 6.06. The van der Waals surface area contributed by atoms with Crippen molar-refractivity contribution in [2.24, 2.45) is 0 Å². The van der Waals surface area contributed by atoms with Crippen LogP contribution in [0.4, 0.5) is 4.39 Å². The van der Waals surface area contributed by atoms with Crippen LogP contribution in [0.3, 0.4) is 0 Å². The summed E-state index contributed by atoms with van der Waals surface area (Å²) in [5, 5.41) is 0. The largest absolute Gasteiger partial charge is 0.207 e. The van der Waals surface area contributed by atoms with Gasteiger partial charge in [-0.1, -0.05) is 60.7 Å². The summed E-state index contributed by atoms with van der Waals surface area (Å²) in [5.74, 6) is -0.194. The summed E-state index contributed by atoms with van der Waals surface area (Å²) in [4.78, 5) is 0. The van der Waals surface area contributed by atoms with E-state index in [4.69, 9.17) is 0 Å². The number of hydrogen-bond acceptors (Lipinski definition) is 0. The van der Waals surface area contributed by atoms with Gasteiger partial charge in [-0.25, -0.2) is 4.39 Å². The molecular weight excluding hydrogens is 259 g/mol. The van der Waals surface area contributed by atoms with E-state index < -0.39 is 0 Å². The molecule has 0 spiro atoms. The smallest absolute Gasteiger partial charge is 0.123 e. The van der Waals surface area contributed by atoms with E-state index >= 15 is 0 Å². The first-order valence-corrected chi connectivity index (χ1v) is 6.99. The number of rotatable bonds is 1. The molecule has 1 aliphatic carbocycles. The number of hydrogen-bond donors (Lipinski definition) is 0. The van der Waals surface area contributed by atoms with Gasteiger partial charge in [0.25, 0.3) is 0 Å². The summed E-state index contributed by atoms with van der Waals surface area (Å²) < 4.78 is 13.7. The lowest BCUT2D eigenvalue weighted by Crippen LogP contribution is -1.83. The van der Waals surface area contributed by atoms with Gasteiger partial charge in [0, 0.05) is 0 Å². The molecular formula is C20H13F. The molecule has 100 valence electrons. The van der Waals surface area contributed by atoms with Gasteiger partial charge in [-0.05, 0) is 51.6 Å².